The standard InChI is InChI=1S/C11H9ClFN3O2S/c12-8-5-7(13)1-2-10(8)16-19(17,18)11-6-15-4-3-9(11)14/h1-6,16H,(H2,14,15). The molecule has 2 aromatic rings. The molecule has 2 rings (SSSR count). The number of halogens is 2. The molecule has 1 aromatic heterocycles. The zero-order valence-corrected chi connectivity index (χ0v) is 11.0. The molecule has 19 heavy (non-hydrogen) atoms. The van der Waals surface area contributed by atoms with Crippen LogP contribution in [-0.2, 0) is 10.0 Å². The van der Waals surface area contributed by atoms with E-state index in [1.807, 2.05) is 0 Å². The van der Waals surface area contributed by atoms with Crippen LogP contribution in [0.25, 0.3) is 0 Å². The topological polar surface area (TPSA) is 85.1 Å². The molecule has 0 amide bonds. The lowest BCUT2D eigenvalue weighted by molar-refractivity contribution is 0.601. The predicted molar refractivity (Wildman–Crippen MR) is 70.9 cm³/mol. The maximum atomic E-state index is 12.9. The van der Waals surface area contributed by atoms with E-state index in [1.54, 1.807) is 0 Å². The molecule has 1 heterocycles. The first kappa shape index (κ1) is 13.6. The summed E-state index contributed by atoms with van der Waals surface area (Å²) in [5.74, 6) is -0.561. The Hall–Kier alpha value is -1.86. The molecule has 0 bridgehead atoms. The van der Waals surface area contributed by atoms with E-state index in [2.05, 4.69) is 9.71 Å². The zero-order valence-electron chi connectivity index (χ0n) is 9.47. The molecule has 0 fully saturated rings. The second-order valence-corrected chi connectivity index (χ2v) is 5.70. The third kappa shape index (κ3) is 2.94. The Morgan fingerprint density at radius 2 is 2.05 bits per heavy atom. The van der Waals surface area contributed by atoms with E-state index in [4.69, 9.17) is 17.3 Å². The van der Waals surface area contributed by atoms with Crippen LogP contribution in [0.3, 0.4) is 0 Å². The largest absolute Gasteiger partial charge is 0.398 e. The van der Waals surface area contributed by atoms with E-state index in [0.29, 0.717) is 0 Å². The van der Waals surface area contributed by atoms with Crippen LogP contribution in [0.4, 0.5) is 15.8 Å². The number of sulfonamides is 1. The molecule has 0 aliphatic rings. The molecule has 0 saturated heterocycles. The van der Waals surface area contributed by atoms with Crippen molar-refractivity contribution in [3.63, 3.8) is 0 Å². The van der Waals surface area contributed by atoms with Crippen molar-refractivity contribution in [1.82, 2.24) is 4.98 Å². The van der Waals surface area contributed by atoms with E-state index in [1.165, 1.54) is 18.3 Å². The Labute approximate surface area is 114 Å². The summed E-state index contributed by atoms with van der Waals surface area (Å²) in [5, 5.41) is -0.0500. The Morgan fingerprint density at radius 3 is 2.68 bits per heavy atom. The Balaban J connectivity index is 2.40. The van der Waals surface area contributed by atoms with Gasteiger partial charge in [0.25, 0.3) is 10.0 Å². The summed E-state index contributed by atoms with van der Waals surface area (Å²) in [4.78, 5) is 3.53. The number of anilines is 2. The number of pyridine rings is 1. The van der Waals surface area contributed by atoms with Gasteiger partial charge in [0.2, 0.25) is 0 Å². The zero-order chi connectivity index (χ0) is 14.0. The van der Waals surface area contributed by atoms with Gasteiger partial charge in [-0.15, -0.1) is 0 Å². The van der Waals surface area contributed by atoms with Crippen molar-refractivity contribution in [2.45, 2.75) is 4.90 Å². The second kappa shape index (κ2) is 5.02. The molecule has 0 aliphatic heterocycles. The fraction of sp³-hybridized carbons (Fsp3) is 0. The monoisotopic (exact) mass is 301 g/mol. The summed E-state index contributed by atoms with van der Waals surface area (Å²) in [6.45, 7) is 0. The first-order chi connectivity index (χ1) is 8.90. The van der Waals surface area contributed by atoms with Gasteiger partial charge in [-0.3, -0.25) is 9.71 Å². The number of nitrogens with two attached hydrogens (primary N) is 1. The highest BCUT2D eigenvalue weighted by Crippen LogP contribution is 2.26. The minimum Gasteiger partial charge on any atom is -0.398 e. The molecule has 0 saturated carbocycles. The molecule has 0 aliphatic carbocycles. The number of benzene rings is 1. The van der Waals surface area contributed by atoms with Crippen LogP contribution in [-0.4, -0.2) is 13.4 Å². The summed E-state index contributed by atoms with van der Waals surface area (Å²) in [6.07, 6.45) is 2.49. The van der Waals surface area contributed by atoms with Crippen molar-refractivity contribution in [3.8, 4) is 0 Å². The molecule has 3 N–H and O–H groups in total. The van der Waals surface area contributed by atoms with Gasteiger partial charge in [-0.1, -0.05) is 11.6 Å². The number of rotatable bonds is 3. The van der Waals surface area contributed by atoms with Crippen LogP contribution >= 0.6 is 11.6 Å². The third-order valence-corrected chi connectivity index (χ3v) is 4.00. The molecule has 0 unspecified atom stereocenters. The number of nitrogen functional groups attached to an aromatic ring is 1. The van der Waals surface area contributed by atoms with Crippen LogP contribution in [0.5, 0.6) is 0 Å². The van der Waals surface area contributed by atoms with E-state index < -0.39 is 15.8 Å². The quantitative estimate of drug-likeness (QED) is 0.910. The van der Waals surface area contributed by atoms with Gasteiger partial charge in [-0.2, -0.15) is 0 Å². The maximum Gasteiger partial charge on any atom is 0.265 e. The minimum atomic E-state index is -3.92. The molecule has 5 nitrogen and oxygen atoms in total. The molecule has 0 radical (unpaired) electrons. The molecule has 0 atom stereocenters. The smallest absolute Gasteiger partial charge is 0.265 e. The lowest BCUT2D eigenvalue weighted by Crippen LogP contribution is -2.15. The molecular weight excluding hydrogens is 293 g/mol. The van der Waals surface area contributed by atoms with Gasteiger partial charge in [0, 0.05) is 12.4 Å². The average Bonchev–Trinajstić information content (AvgIpc) is 2.33. The third-order valence-electron chi connectivity index (χ3n) is 2.28. The average molecular weight is 302 g/mol. The van der Waals surface area contributed by atoms with E-state index >= 15 is 0 Å². The first-order valence-electron chi connectivity index (χ1n) is 5.07. The molecule has 100 valence electrons. The van der Waals surface area contributed by atoms with E-state index in [9.17, 15) is 12.8 Å². The summed E-state index contributed by atoms with van der Waals surface area (Å²) in [6, 6.07) is 4.69. The van der Waals surface area contributed by atoms with Gasteiger partial charge in [0.05, 0.1) is 16.4 Å². The van der Waals surface area contributed by atoms with Crippen LogP contribution in [0.2, 0.25) is 5.02 Å². The van der Waals surface area contributed by atoms with Gasteiger partial charge in [-0.05, 0) is 24.3 Å². The summed E-state index contributed by atoms with van der Waals surface area (Å²) in [7, 11) is -3.92. The second-order valence-electron chi connectivity index (χ2n) is 3.64. The van der Waals surface area contributed by atoms with Crippen molar-refractivity contribution in [2.75, 3.05) is 10.5 Å². The van der Waals surface area contributed by atoms with Crippen LogP contribution in [0.15, 0.2) is 41.6 Å². The molecule has 8 heteroatoms. The van der Waals surface area contributed by atoms with E-state index in [-0.39, 0.29) is 21.3 Å². The molecule has 1 aromatic carbocycles. The van der Waals surface area contributed by atoms with Crippen molar-refractivity contribution in [1.29, 1.82) is 0 Å². The summed E-state index contributed by atoms with van der Waals surface area (Å²) in [5.41, 5.74) is 5.69. The highest BCUT2D eigenvalue weighted by Gasteiger charge is 2.19. The first-order valence-corrected chi connectivity index (χ1v) is 6.93. The fourth-order valence-corrected chi connectivity index (χ4v) is 2.81. The van der Waals surface area contributed by atoms with Crippen molar-refractivity contribution in [2.24, 2.45) is 0 Å². The predicted octanol–water partition coefficient (Wildman–Crippen LogP) is 2.26. The molecular formula is C11H9ClFN3O2S. The lowest BCUT2D eigenvalue weighted by Gasteiger charge is -2.10. The highest BCUT2D eigenvalue weighted by atomic mass is 35.5. The Kier molecular flexibility index (Phi) is 3.59. The maximum absolute atomic E-state index is 12.9. The van der Waals surface area contributed by atoms with Crippen molar-refractivity contribution < 1.29 is 12.8 Å². The highest BCUT2D eigenvalue weighted by molar-refractivity contribution is 7.92. The normalized spacial score (nSPS) is 11.3. The van der Waals surface area contributed by atoms with Crippen LogP contribution in [0.1, 0.15) is 0 Å². The number of nitrogens with one attached hydrogen (secondary N) is 1. The number of nitrogens with zero attached hydrogens (tertiary/aromatic N) is 1. The van der Waals surface area contributed by atoms with Crippen molar-refractivity contribution in [3.05, 3.63) is 47.5 Å². The van der Waals surface area contributed by atoms with Crippen LogP contribution < -0.4 is 10.5 Å². The van der Waals surface area contributed by atoms with Gasteiger partial charge < -0.3 is 5.73 Å². The summed E-state index contributed by atoms with van der Waals surface area (Å²) < 4.78 is 39.3. The number of hydrogen-bond donors (Lipinski definition) is 2. The van der Waals surface area contributed by atoms with E-state index in [0.717, 1.165) is 18.3 Å². The van der Waals surface area contributed by atoms with Crippen molar-refractivity contribution >= 4 is 33.0 Å². The van der Waals surface area contributed by atoms with Gasteiger partial charge in [0.1, 0.15) is 10.7 Å². The lowest BCUT2D eigenvalue weighted by atomic mass is 10.3. The van der Waals surface area contributed by atoms with Crippen LogP contribution in [0, 0.1) is 5.82 Å². The SMILES string of the molecule is Nc1ccncc1S(=O)(=O)Nc1ccc(F)cc1Cl. The molecule has 0 spiro atoms. The Morgan fingerprint density at radius 1 is 1.32 bits per heavy atom. The van der Waals surface area contributed by atoms with Gasteiger partial charge >= 0.3 is 0 Å². The summed E-state index contributed by atoms with van der Waals surface area (Å²) >= 11 is 5.75. The number of aromatic nitrogens is 1. The van der Waals surface area contributed by atoms with Gasteiger partial charge in [-0.25, -0.2) is 12.8 Å². The fourth-order valence-electron chi connectivity index (χ4n) is 1.39. The minimum absolute atomic E-state index is 0.0500. The number of hydrogen-bond acceptors (Lipinski definition) is 4. The van der Waals surface area contributed by atoms with Gasteiger partial charge in [0.15, 0.2) is 0 Å². The Bertz CT molecular complexity index is 722.